The number of hydrogen-bond acceptors (Lipinski definition) is 7. The molecule has 2 aromatic rings. The van der Waals surface area contributed by atoms with Crippen LogP contribution in [-0.4, -0.2) is 68.0 Å². The summed E-state index contributed by atoms with van der Waals surface area (Å²) >= 11 is 0. The van der Waals surface area contributed by atoms with Gasteiger partial charge in [0.25, 0.3) is 0 Å². The summed E-state index contributed by atoms with van der Waals surface area (Å²) in [5.74, 6) is 0.131. The average molecular weight is 413 g/mol. The summed E-state index contributed by atoms with van der Waals surface area (Å²) in [7, 11) is 7.40. The Balaban J connectivity index is 1.71. The van der Waals surface area contributed by atoms with Crippen molar-refractivity contribution >= 4 is 23.0 Å². The monoisotopic (exact) mass is 413 g/mol. The molecule has 1 aliphatic heterocycles. The van der Waals surface area contributed by atoms with Gasteiger partial charge in [0.15, 0.2) is 0 Å². The second-order valence-corrected chi connectivity index (χ2v) is 7.33. The highest BCUT2D eigenvalue weighted by Crippen LogP contribution is 2.26. The Morgan fingerprint density at radius 1 is 1.20 bits per heavy atom. The fraction of sp³-hybridized carbons (Fsp3) is 0.364. The van der Waals surface area contributed by atoms with Crippen molar-refractivity contribution in [1.29, 1.82) is 0 Å². The van der Waals surface area contributed by atoms with E-state index in [1.807, 2.05) is 45.6 Å². The first-order chi connectivity index (χ1) is 14.4. The predicted octanol–water partition coefficient (Wildman–Crippen LogP) is 2.97. The van der Waals surface area contributed by atoms with Gasteiger partial charge < -0.3 is 24.0 Å². The minimum atomic E-state index is -0.619. The number of carbonyl (C=O) groups excluding carboxylic acids is 2. The maximum absolute atomic E-state index is 12.7. The molecule has 8 nitrogen and oxygen atoms in total. The number of benzene rings is 1. The van der Waals surface area contributed by atoms with E-state index in [4.69, 9.17) is 14.2 Å². The Bertz CT molecular complexity index is 990. The molecule has 0 spiro atoms. The lowest BCUT2D eigenvalue weighted by Gasteiger charge is -2.15. The minimum Gasteiger partial charge on any atom is -0.497 e. The van der Waals surface area contributed by atoms with Crippen LogP contribution in [0.1, 0.15) is 12.0 Å². The maximum Gasteiger partial charge on any atom is 0.421 e. The largest absolute Gasteiger partial charge is 0.497 e. The number of esters is 1. The van der Waals surface area contributed by atoms with Crippen molar-refractivity contribution in [3.05, 3.63) is 54.0 Å². The van der Waals surface area contributed by atoms with Gasteiger partial charge in [0.05, 0.1) is 18.2 Å². The van der Waals surface area contributed by atoms with E-state index in [9.17, 15) is 9.59 Å². The Kier molecular flexibility index (Phi) is 6.79. The van der Waals surface area contributed by atoms with E-state index in [1.165, 1.54) is 4.57 Å². The molecule has 0 atom stereocenters. The van der Waals surface area contributed by atoms with Gasteiger partial charge in [0, 0.05) is 43.9 Å². The number of fused-ring (bicyclic) bond motifs is 1. The lowest BCUT2D eigenvalue weighted by molar-refractivity contribution is -0.147. The normalized spacial score (nSPS) is 13.5. The number of methoxy groups -OCH3 is 1. The van der Waals surface area contributed by atoms with Crippen LogP contribution in [-0.2, 0) is 20.7 Å². The number of nitrogens with zero attached hydrogens (tertiary/aromatic N) is 3. The smallest absolute Gasteiger partial charge is 0.421 e. The summed E-state index contributed by atoms with van der Waals surface area (Å²) in [6.07, 6.45) is 7.81. The first-order valence-corrected chi connectivity index (χ1v) is 9.65. The van der Waals surface area contributed by atoms with Gasteiger partial charge in [0.2, 0.25) is 6.79 Å². The van der Waals surface area contributed by atoms with Crippen LogP contribution in [0.2, 0.25) is 0 Å². The molecule has 0 amide bonds. The number of allylic oxidation sites excluding steroid dienone is 1. The highest BCUT2D eigenvalue weighted by Gasteiger charge is 2.18. The van der Waals surface area contributed by atoms with Crippen LogP contribution in [0.25, 0.3) is 10.9 Å². The Morgan fingerprint density at radius 2 is 2.00 bits per heavy atom. The van der Waals surface area contributed by atoms with Crippen molar-refractivity contribution in [3.8, 4) is 5.75 Å². The van der Waals surface area contributed by atoms with E-state index in [2.05, 4.69) is 4.90 Å². The number of aromatic nitrogens is 1. The number of hydrogen-bond donors (Lipinski definition) is 0. The van der Waals surface area contributed by atoms with Gasteiger partial charge in [-0.1, -0.05) is 6.08 Å². The highest BCUT2D eigenvalue weighted by atomic mass is 16.7. The molecule has 0 aliphatic carbocycles. The van der Waals surface area contributed by atoms with Gasteiger partial charge in [-0.3, -0.25) is 4.57 Å². The molecule has 0 unspecified atom stereocenters. The van der Waals surface area contributed by atoms with Gasteiger partial charge >= 0.3 is 12.1 Å². The highest BCUT2D eigenvalue weighted by molar-refractivity contribution is 5.93. The fourth-order valence-corrected chi connectivity index (χ4v) is 3.22. The molecule has 3 rings (SSSR count). The van der Waals surface area contributed by atoms with Crippen LogP contribution < -0.4 is 4.74 Å². The topological polar surface area (TPSA) is 73.2 Å². The first-order valence-electron chi connectivity index (χ1n) is 9.65. The van der Waals surface area contributed by atoms with Crippen molar-refractivity contribution in [2.45, 2.75) is 12.8 Å². The third-order valence-corrected chi connectivity index (χ3v) is 4.79. The second-order valence-electron chi connectivity index (χ2n) is 7.33. The molecule has 1 aromatic carbocycles. The molecule has 30 heavy (non-hydrogen) atoms. The number of carbonyl (C=O) groups is 2. The van der Waals surface area contributed by atoms with Crippen LogP contribution in [0, 0.1) is 0 Å². The average Bonchev–Trinajstić information content (AvgIpc) is 3.10. The Morgan fingerprint density at radius 3 is 2.70 bits per heavy atom. The minimum absolute atomic E-state index is 0.459. The van der Waals surface area contributed by atoms with E-state index in [-0.39, 0.29) is 0 Å². The summed E-state index contributed by atoms with van der Waals surface area (Å²) in [5, 5.41) is 0.953. The molecule has 160 valence electrons. The summed E-state index contributed by atoms with van der Waals surface area (Å²) in [6, 6.07) is 5.58. The van der Waals surface area contributed by atoms with E-state index < -0.39 is 18.9 Å². The summed E-state index contributed by atoms with van der Waals surface area (Å²) in [6.45, 7) is 0.384. The summed E-state index contributed by atoms with van der Waals surface area (Å²) in [4.78, 5) is 28.7. The molecule has 0 fully saturated rings. The van der Waals surface area contributed by atoms with Crippen LogP contribution in [0.5, 0.6) is 5.75 Å². The lowest BCUT2D eigenvalue weighted by atomic mass is 10.1. The summed E-state index contributed by atoms with van der Waals surface area (Å²) in [5.41, 5.74) is 2.21. The zero-order chi connectivity index (χ0) is 21.7. The van der Waals surface area contributed by atoms with Crippen molar-refractivity contribution in [2.75, 3.05) is 41.6 Å². The number of rotatable bonds is 7. The predicted molar refractivity (Wildman–Crippen MR) is 113 cm³/mol. The van der Waals surface area contributed by atoms with Gasteiger partial charge in [-0.25, -0.2) is 9.59 Å². The van der Waals surface area contributed by atoms with Crippen molar-refractivity contribution in [2.24, 2.45) is 0 Å². The van der Waals surface area contributed by atoms with Crippen LogP contribution in [0.15, 0.2) is 48.4 Å². The van der Waals surface area contributed by atoms with Crippen molar-refractivity contribution < 1.29 is 23.8 Å². The third-order valence-electron chi connectivity index (χ3n) is 4.79. The molecule has 2 heterocycles. The van der Waals surface area contributed by atoms with Gasteiger partial charge in [-0.15, -0.1) is 0 Å². The van der Waals surface area contributed by atoms with E-state index >= 15 is 0 Å². The first kappa shape index (κ1) is 21.4. The molecule has 0 radical (unpaired) electrons. The Hall–Kier alpha value is -3.26. The van der Waals surface area contributed by atoms with Crippen LogP contribution in [0.4, 0.5) is 4.79 Å². The molecule has 0 N–H and O–H groups in total. The van der Waals surface area contributed by atoms with Crippen LogP contribution >= 0.6 is 0 Å². The number of likely N-dealkylation sites (N-methyl/N-ethyl adjacent to an activating group) is 1. The molecular weight excluding hydrogens is 386 g/mol. The molecule has 0 saturated carbocycles. The quantitative estimate of drug-likeness (QED) is 0.510. The standard InChI is InChI=1S/C22H27N3O5/c1-23(2)11-9-16-14-25(20-12-18(28-4)7-8-19(16)20)22(27)30-15-29-21(26)17-6-5-10-24(3)13-17/h5,7-8,10,12-14H,6,9,11,15H2,1-4H3. The van der Waals surface area contributed by atoms with Gasteiger partial charge in [-0.2, -0.15) is 0 Å². The zero-order valence-corrected chi connectivity index (χ0v) is 17.8. The molecule has 0 bridgehead atoms. The molecular formula is C22H27N3O5. The zero-order valence-electron chi connectivity index (χ0n) is 17.8. The van der Waals surface area contributed by atoms with Crippen LogP contribution in [0.3, 0.4) is 0 Å². The summed E-state index contributed by atoms with van der Waals surface area (Å²) < 4.78 is 17.0. The maximum atomic E-state index is 12.7. The van der Waals surface area contributed by atoms with Crippen molar-refractivity contribution in [1.82, 2.24) is 14.4 Å². The number of ether oxygens (including phenoxy) is 3. The fourth-order valence-electron chi connectivity index (χ4n) is 3.22. The molecule has 0 saturated heterocycles. The van der Waals surface area contributed by atoms with Gasteiger partial charge in [0.1, 0.15) is 5.75 Å². The molecule has 8 heteroatoms. The van der Waals surface area contributed by atoms with Crippen molar-refractivity contribution in [3.63, 3.8) is 0 Å². The van der Waals surface area contributed by atoms with E-state index in [1.54, 1.807) is 30.5 Å². The molecule has 1 aromatic heterocycles. The second kappa shape index (κ2) is 9.49. The SMILES string of the molecule is COc1ccc2c(CCN(C)C)cn(C(=O)OCOC(=O)C3=CN(C)C=CC3)c2c1. The molecule has 1 aliphatic rings. The van der Waals surface area contributed by atoms with Gasteiger partial charge in [-0.05, 0) is 44.4 Å². The van der Waals surface area contributed by atoms with E-state index in [0.717, 1.165) is 23.9 Å². The lowest BCUT2D eigenvalue weighted by Crippen LogP contribution is -2.19. The van der Waals surface area contributed by atoms with E-state index in [0.29, 0.717) is 23.3 Å². The third kappa shape index (κ3) is 5.01. The Labute approximate surface area is 175 Å².